The smallest absolute Gasteiger partial charge is 0.190 e. The zero-order valence-corrected chi connectivity index (χ0v) is 16.9. The van der Waals surface area contributed by atoms with Gasteiger partial charge in [0.15, 0.2) is 5.96 Å². The van der Waals surface area contributed by atoms with Crippen molar-refractivity contribution in [1.29, 1.82) is 0 Å². The van der Waals surface area contributed by atoms with Gasteiger partial charge in [-0.05, 0) is 63.4 Å². The second-order valence-electron chi connectivity index (χ2n) is 6.99. The topological polar surface area (TPSA) is 54.2 Å². The number of halogens is 1. The molecule has 3 rings (SSSR count). The van der Waals surface area contributed by atoms with E-state index in [-0.39, 0.29) is 24.0 Å². The first-order valence-corrected chi connectivity index (χ1v) is 8.58. The van der Waals surface area contributed by atoms with E-state index in [4.69, 9.17) is 0 Å². The summed E-state index contributed by atoms with van der Waals surface area (Å²) in [6.07, 6.45) is 6.74. The second-order valence-corrected chi connectivity index (χ2v) is 6.99. The zero-order valence-electron chi connectivity index (χ0n) is 14.6. The minimum atomic E-state index is 0. The molecule has 0 amide bonds. The predicted octanol–water partition coefficient (Wildman–Crippen LogP) is 2.86. The van der Waals surface area contributed by atoms with Crippen LogP contribution in [0.1, 0.15) is 43.5 Å². The van der Waals surface area contributed by atoms with E-state index in [1.807, 2.05) is 14.0 Å². The molecule has 0 spiro atoms. The SMILES string of the molecule is CN=C(NCCCn1nc(C)cc1C)NCC1(C2CC2)CC1.I. The molecular formula is C17H30IN5. The molecule has 2 aliphatic rings. The molecule has 130 valence electrons. The highest BCUT2D eigenvalue weighted by Crippen LogP contribution is 2.60. The number of hydrogen-bond donors (Lipinski definition) is 2. The molecule has 2 fully saturated rings. The number of nitrogens with one attached hydrogen (secondary N) is 2. The molecule has 1 aromatic rings. The van der Waals surface area contributed by atoms with Gasteiger partial charge in [0.05, 0.1) is 5.69 Å². The van der Waals surface area contributed by atoms with Gasteiger partial charge in [-0.2, -0.15) is 5.10 Å². The first-order chi connectivity index (χ1) is 10.6. The number of rotatable bonds is 7. The van der Waals surface area contributed by atoms with Crippen molar-refractivity contribution in [1.82, 2.24) is 20.4 Å². The molecule has 1 heterocycles. The molecule has 2 N–H and O–H groups in total. The van der Waals surface area contributed by atoms with E-state index in [1.54, 1.807) is 0 Å². The Morgan fingerprint density at radius 2 is 2.09 bits per heavy atom. The summed E-state index contributed by atoms with van der Waals surface area (Å²) in [4.78, 5) is 4.34. The third kappa shape index (κ3) is 4.84. The lowest BCUT2D eigenvalue weighted by Crippen LogP contribution is -2.41. The first-order valence-electron chi connectivity index (χ1n) is 8.58. The number of hydrogen-bond acceptors (Lipinski definition) is 2. The standard InChI is InChI=1S/C17H29N5.HI/c1-13-11-14(2)22(21-13)10-4-9-19-16(18-3)20-12-17(7-8-17)15-5-6-15;/h11,15H,4-10,12H2,1-3H3,(H2,18,19,20);1H. The average molecular weight is 431 g/mol. The second kappa shape index (κ2) is 7.85. The van der Waals surface area contributed by atoms with Crippen molar-refractivity contribution < 1.29 is 0 Å². The largest absolute Gasteiger partial charge is 0.356 e. The van der Waals surface area contributed by atoms with E-state index in [1.165, 1.54) is 31.4 Å². The van der Waals surface area contributed by atoms with Crippen LogP contribution < -0.4 is 10.6 Å². The van der Waals surface area contributed by atoms with E-state index in [0.717, 1.165) is 43.6 Å². The lowest BCUT2D eigenvalue weighted by molar-refractivity contribution is 0.431. The van der Waals surface area contributed by atoms with Crippen molar-refractivity contribution in [2.45, 2.75) is 52.5 Å². The Labute approximate surface area is 156 Å². The van der Waals surface area contributed by atoms with Gasteiger partial charge >= 0.3 is 0 Å². The van der Waals surface area contributed by atoms with E-state index < -0.39 is 0 Å². The molecule has 0 atom stereocenters. The maximum Gasteiger partial charge on any atom is 0.190 e. The minimum Gasteiger partial charge on any atom is -0.356 e. The monoisotopic (exact) mass is 431 g/mol. The molecule has 0 aliphatic heterocycles. The fourth-order valence-corrected chi connectivity index (χ4v) is 3.40. The lowest BCUT2D eigenvalue weighted by atomic mass is 10.0. The van der Waals surface area contributed by atoms with Crippen molar-refractivity contribution in [3.8, 4) is 0 Å². The maximum atomic E-state index is 4.49. The van der Waals surface area contributed by atoms with Crippen molar-refractivity contribution in [2.24, 2.45) is 16.3 Å². The number of aryl methyl sites for hydroxylation is 3. The summed E-state index contributed by atoms with van der Waals surface area (Å²) >= 11 is 0. The van der Waals surface area contributed by atoms with Crippen LogP contribution in [-0.2, 0) is 6.54 Å². The Morgan fingerprint density at radius 3 is 2.61 bits per heavy atom. The number of guanidine groups is 1. The van der Waals surface area contributed by atoms with Gasteiger partial charge in [0.25, 0.3) is 0 Å². The lowest BCUT2D eigenvalue weighted by Gasteiger charge is -2.18. The Hall–Kier alpha value is -0.790. The quantitative estimate of drug-likeness (QED) is 0.302. The minimum absolute atomic E-state index is 0. The van der Waals surface area contributed by atoms with E-state index in [2.05, 4.69) is 38.4 Å². The fraction of sp³-hybridized carbons (Fsp3) is 0.765. The molecule has 2 aliphatic carbocycles. The van der Waals surface area contributed by atoms with Crippen LogP contribution in [0.4, 0.5) is 0 Å². The van der Waals surface area contributed by atoms with Gasteiger partial charge in [0.1, 0.15) is 0 Å². The van der Waals surface area contributed by atoms with Crippen molar-refractivity contribution in [2.75, 3.05) is 20.1 Å². The van der Waals surface area contributed by atoms with E-state index >= 15 is 0 Å². The van der Waals surface area contributed by atoms with Gasteiger partial charge in [0, 0.05) is 32.4 Å². The Balaban J connectivity index is 0.00000192. The molecule has 0 bridgehead atoms. The van der Waals surface area contributed by atoms with Crippen molar-refractivity contribution in [3.05, 3.63) is 17.5 Å². The Kier molecular flexibility index (Phi) is 6.33. The van der Waals surface area contributed by atoms with Gasteiger partial charge in [-0.1, -0.05) is 0 Å². The normalized spacial score (nSPS) is 19.2. The molecule has 5 nitrogen and oxygen atoms in total. The molecule has 2 saturated carbocycles. The average Bonchev–Trinajstić information content (AvgIpc) is 3.37. The summed E-state index contributed by atoms with van der Waals surface area (Å²) in [7, 11) is 1.85. The van der Waals surface area contributed by atoms with Crippen LogP contribution >= 0.6 is 24.0 Å². The predicted molar refractivity (Wildman–Crippen MR) is 105 cm³/mol. The molecule has 23 heavy (non-hydrogen) atoms. The highest BCUT2D eigenvalue weighted by Gasteiger charge is 2.53. The van der Waals surface area contributed by atoms with Crippen LogP contribution in [-0.4, -0.2) is 35.9 Å². The van der Waals surface area contributed by atoms with Gasteiger partial charge in [-0.15, -0.1) is 24.0 Å². The third-order valence-corrected chi connectivity index (χ3v) is 5.11. The van der Waals surface area contributed by atoms with Crippen LogP contribution in [0.3, 0.4) is 0 Å². The molecule has 0 saturated heterocycles. The summed E-state index contributed by atoms with van der Waals surface area (Å²) in [6.45, 7) is 7.13. The molecule has 0 aromatic carbocycles. The van der Waals surface area contributed by atoms with Gasteiger partial charge in [-0.3, -0.25) is 9.67 Å². The summed E-state index contributed by atoms with van der Waals surface area (Å²) in [5.41, 5.74) is 2.94. The molecule has 0 unspecified atom stereocenters. The van der Waals surface area contributed by atoms with Crippen LogP contribution in [0.15, 0.2) is 11.1 Å². The van der Waals surface area contributed by atoms with Gasteiger partial charge in [0.2, 0.25) is 0 Å². The Bertz CT molecular complexity index is 543. The highest BCUT2D eigenvalue weighted by molar-refractivity contribution is 14.0. The van der Waals surface area contributed by atoms with Gasteiger partial charge in [-0.25, -0.2) is 0 Å². The van der Waals surface area contributed by atoms with Crippen LogP contribution in [0.2, 0.25) is 0 Å². The van der Waals surface area contributed by atoms with Crippen LogP contribution in [0, 0.1) is 25.2 Å². The maximum absolute atomic E-state index is 4.49. The number of aromatic nitrogens is 2. The number of aliphatic imine (C=N–C) groups is 1. The van der Waals surface area contributed by atoms with Crippen molar-refractivity contribution >= 4 is 29.9 Å². The summed E-state index contributed by atoms with van der Waals surface area (Å²) < 4.78 is 2.08. The summed E-state index contributed by atoms with van der Waals surface area (Å²) in [6, 6.07) is 2.13. The van der Waals surface area contributed by atoms with E-state index in [9.17, 15) is 0 Å². The summed E-state index contributed by atoms with van der Waals surface area (Å²) in [5, 5.41) is 11.4. The molecule has 6 heteroatoms. The van der Waals surface area contributed by atoms with Gasteiger partial charge < -0.3 is 10.6 Å². The van der Waals surface area contributed by atoms with Crippen LogP contribution in [0.5, 0.6) is 0 Å². The van der Waals surface area contributed by atoms with Crippen molar-refractivity contribution in [3.63, 3.8) is 0 Å². The summed E-state index contributed by atoms with van der Waals surface area (Å²) in [5.74, 6) is 1.93. The highest BCUT2D eigenvalue weighted by atomic mass is 127. The fourth-order valence-electron chi connectivity index (χ4n) is 3.40. The number of nitrogens with zero attached hydrogens (tertiary/aromatic N) is 3. The third-order valence-electron chi connectivity index (χ3n) is 5.11. The zero-order chi connectivity index (χ0) is 15.6. The Morgan fingerprint density at radius 1 is 1.35 bits per heavy atom. The molecule has 1 aromatic heterocycles. The van der Waals surface area contributed by atoms with Crippen LogP contribution in [0.25, 0.3) is 0 Å². The molecular weight excluding hydrogens is 401 g/mol. The molecule has 0 radical (unpaired) electrons. The first kappa shape index (κ1) is 18.5. The van der Waals surface area contributed by atoms with E-state index in [0.29, 0.717) is 5.41 Å².